The van der Waals surface area contributed by atoms with Gasteiger partial charge in [0.05, 0.1) is 11.5 Å². The quantitative estimate of drug-likeness (QED) is 0.0411. The molecule has 0 saturated carbocycles. The van der Waals surface area contributed by atoms with Crippen LogP contribution in [0, 0.1) is 0 Å². The summed E-state index contributed by atoms with van der Waals surface area (Å²) < 4.78 is 0. The summed E-state index contributed by atoms with van der Waals surface area (Å²) in [4.78, 5) is 35.0. The van der Waals surface area contributed by atoms with Crippen LogP contribution >= 0.6 is 33.3 Å². The van der Waals surface area contributed by atoms with Gasteiger partial charge in [-0.3, -0.25) is 9.59 Å². The van der Waals surface area contributed by atoms with Crippen molar-refractivity contribution in [1.29, 1.82) is 0 Å². The number of anilines is 1. The van der Waals surface area contributed by atoms with Crippen LogP contribution in [-0.4, -0.2) is 57.6 Å². The number of carbonyl (C=O) groups is 3. The lowest BCUT2D eigenvalue weighted by Gasteiger charge is -2.07. The van der Waals surface area contributed by atoms with Crippen molar-refractivity contribution in [2.75, 3.05) is 34.9 Å². The molecule has 0 unspecified atom stereocenters. The molecule has 0 saturated heterocycles. The number of carboxylic acids is 1. The van der Waals surface area contributed by atoms with Gasteiger partial charge in [0.25, 0.3) is 0 Å². The third-order valence-electron chi connectivity index (χ3n) is 5.34. The van der Waals surface area contributed by atoms with Crippen molar-refractivity contribution in [3.63, 3.8) is 0 Å². The highest BCUT2D eigenvalue weighted by molar-refractivity contribution is 8.76. The Labute approximate surface area is 268 Å². The molecule has 10 heteroatoms. The number of benzene rings is 1. The van der Waals surface area contributed by atoms with Gasteiger partial charge in [-0.2, -0.15) is 0 Å². The first-order chi connectivity index (χ1) is 20.9. The highest BCUT2D eigenvalue weighted by atomic mass is 33.1. The first-order valence-electron chi connectivity index (χ1n) is 14.3. The fraction of sp³-hybridized carbons (Fsp3) is 0.364. The van der Waals surface area contributed by atoms with Crippen molar-refractivity contribution in [1.82, 2.24) is 5.32 Å². The van der Waals surface area contributed by atoms with Crippen molar-refractivity contribution in [3.8, 4) is 5.75 Å². The third-order valence-corrected chi connectivity index (χ3v) is 8.50. The minimum atomic E-state index is -1.27. The summed E-state index contributed by atoms with van der Waals surface area (Å²) in [7, 11) is 2.81. The molecule has 0 aromatic heterocycles. The monoisotopic (exact) mass is 644 g/mol. The van der Waals surface area contributed by atoms with Crippen LogP contribution in [0.2, 0.25) is 0 Å². The number of carbonyl (C=O) groups excluding carboxylic acids is 2. The van der Waals surface area contributed by atoms with Crippen molar-refractivity contribution >= 4 is 56.8 Å². The number of phenols is 1. The van der Waals surface area contributed by atoms with Gasteiger partial charge in [-0.1, -0.05) is 101 Å². The number of hydrogen-bond acceptors (Lipinski definition) is 7. The van der Waals surface area contributed by atoms with Gasteiger partial charge in [-0.05, 0) is 56.7 Å². The molecule has 43 heavy (non-hydrogen) atoms. The standard InChI is InChI=1S/C33H44N2O5S3/c1-2-3-4-5-6-7-8-9-10-11-12-13-14-15-16-17-18-19-23-41-26-31(37)34-22-24-42-43-27-32(38)35-28-20-21-30(36)29(25-28)33(39)40/h3-4,6-7,9-10,12-13,15-16,18-21,25,36H,2,5,8,11,14,17,22-24,26-27H2,1H3,(H,34,37)(H,35,38)(H,39,40). The van der Waals surface area contributed by atoms with Gasteiger partial charge < -0.3 is 20.8 Å². The van der Waals surface area contributed by atoms with Gasteiger partial charge in [0.2, 0.25) is 11.8 Å². The molecule has 234 valence electrons. The van der Waals surface area contributed by atoms with Crippen LogP contribution in [0.15, 0.2) is 91.1 Å². The zero-order chi connectivity index (χ0) is 31.4. The van der Waals surface area contributed by atoms with Crippen LogP contribution in [0.5, 0.6) is 5.75 Å². The summed E-state index contributed by atoms with van der Waals surface area (Å²) >= 11 is 1.56. The summed E-state index contributed by atoms with van der Waals surface area (Å²) in [6.45, 7) is 2.66. The van der Waals surface area contributed by atoms with Gasteiger partial charge >= 0.3 is 5.97 Å². The highest BCUT2D eigenvalue weighted by Crippen LogP contribution is 2.23. The molecule has 1 rings (SSSR count). The van der Waals surface area contributed by atoms with Crippen LogP contribution in [0.1, 0.15) is 55.8 Å². The number of hydrogen-bond donors (Lipinski definition) is 4. The number of thioether (sulfide) groups is 1. The molecule has 0 heterocycles. The third kappa shape index (κ3) is 22.2. The minimum absolute atomic E-state index is 0.0128. The molecule has 7 nitrogen and oxygen atoms in total. The number of aromatic carboxylic acids is 1. The Morgan fingerprint density at radius 2 is 1.30 bits per heavy atom. The highest BCUT2D eigenvalue weighted by Gasteiger charge is 2.11. The lowest BCUT2D eigenvalue weighted by atomic mass is 10.2. The second-order valence-electron chi connectivity index (χ2n) is 8.95. The average molecular weight is 645 g/mol. The normalized spacial score (nSPS) is 12.1. The van der Waals surface area contributed by atoms with E-state index in [1.165, 1.54) is 39.8 Å². The number of allylic oxidation sites excluding steroid dienone is 11. The predicted molar refractivity (Wildman–Crippen MR) is 187 cm³/mol. The van der Waals surface area contributed by atoms with Gasteiger partial charge in [-0.25, -0.2) is 4.79 Å². The van der Waals surface area contributed by atoms with Crippen LogP contribution in [0.4, 0.5) is 5.69 Å². The number of rotatable bonds is 23. The van der Waals surface area contributed by atoms with E-state index in [2.05, 4.69) is 90.5 Å². The number of carboxylic acid groups (broad SMARTS) is 1. The molecule has 0 fully saturated rings. The first kappa shape index (κ1) is 37.9. The van der Waals surface area contributed by atoms with Crippen LogP contribution in [-0.2, 0) is 9.59 Å². The predicted octanol–water partition coefficient (Wildman–Crippen LogP) is 7.96. The summed E-state index contributed by atoms with van der Waals surface area (Å²) in [5.74, 6) is 0.0881. The van der Waals surface area contributed by atoms with E-state index in [0.29, 0.717) is 23.7 Å². The Bertz CT molecular complexity index is 1140. The van der Waals surface area contributed by atoms with Crippen molar-refractivity contribution in [3.05, 3.63) is 96.7 Å². The Hall–Kier alpha value is -3.08. The average Bonchev–Trinajstić information content (AvgIpc) is 2.98. The summed E-state index contributed by atoms with van der Waals surface area (Å²) in [6.07, 6.45) is 31.9. The second-order valence-corrected chi connectivity index (χ2v) is 12.6. The first-order valence-corrected chi connectivity index (χ1v) is 17.9. The van der Waals surface area contributed by atoms with Gasteiger partial charge in [0, 0.05) is 23.7 Å². The summed E-state index contributed by atoms with van der Waals surface area (Å²) in [5, 5.41) is 24.0. The van der Waals surface area contributed by atoms with E-state index in [1.807, 2.05) is 0 Å². The van der Waals surface area contributed by atoms with Gasteiger partial charge in [0.15, 0.2) is 0 Å². The second kappa shape index (κ2) is 26.5. The van der Waals surface area contributed by atoms with Gasteiger partial charge in [-0.15, -0.1) is 11.8 Å². The van der Waals surface area contributed by atoms with E-state index < -0.39 is 5.97 Å². The smallest absolute Gasteiger partial charge is 0.339 e. The molecule has 1 aromatic rings. The maximum absolute atomic E-state index is 12.0. The minimum Gasteiger partial charge on any atom is -0.507 e. The lowest BCUT2D eigenvalue weighted by molar-refractivity contribution is -0.118. The van der Waals surface area contributed by atoms with Crippen LogP contribution < -0.4 is 10.6 Å². The van der Waals surface area contributed by atoms with Crippen molar-refractivity contribution < 1.29 is 24.6 Å². The maximum atomic E-state index is 12.0. The summed E-state index contributed by atoms with van der Waals surface area (Å²) in [6, 6.07) is 3.88. The van der Waals surface area contributed by atoms with Crippen molar-refractivity contribution in [2.24, 2.45) is 0 Å². The largest absolute Gasteiger partial charge is 0.507 e. The Morgan fingerprint density at radius 1 is 0.744 bits per heavy atom. The fourth-order valence-corrected chi connectivity index (χ4v) is 5.65. The fourth-order valence-electron chi connectivity index (χ4n) is 3.23. The molecular formula is C33H44N2O5S3. The molecule has 0 aliphatic heterocycles. The van der Waals surface area contributed by atoms with Gasteiger partial charge in [0.1, 0.15) is 11.3 Å². The molecule has 0 atom stereocenters. The number of nitrogens with one attached hydrogen (secondary N) is 2. The van der Waals surface area contributed by atoms with Crippen LogP contribution in [0.25, 0.3) is 0 Å². The molecule has 0 spiro atoms. The zero-order valence-electron chi connectivity index (χ0n) is 24.8. The van der Waals surface area contributed by atoms with Crippen LogP contribution in [0.3, 0.4) is 0 Å². The van der Waals surface area contributed by atoms with E-state index in [1.54, 1.807) is 11.8 Å². The maximum Gasteiger partial charge on any atom is 0.339 e. The van der Waals surface area contributed by atoms with E-state index in [0.717, 1.165) is 44.3 Å². The molecule has 0 aliphatic rings. The Balaban J connectivity index is 1.98. The van der Waals surface area contributed by atoms with E-state index >= 15 is 0 Å². The zero-order valence-corrected chi connectivity index (χ0v) is 27.2. The Kier molecular flexibility index (Phi) is 23.4. The number of aromatic hydroxyl groups is 1. The molecule has 0 radical (unpaired) electrons. The van der Waals surface area contributed by atoms with E-state index in [4.69, 9.17) is 5.11 Å². The SMILES string of the molecule is CCC=CCC=CCC=CCC=CCC=CCC=CCSCC(=O)NCCSSCC(=O)Nc1ccc(O)c(C(=O)O)c1. The molecule has 0 aliphatic carbocycles. The topological polar surface area (TPSA) is 116 Å². The Morgan fingerprint density at radius 3 is 1.86 bits per heavy atom. The molecule has 0 bridgehead atoms. The molecule has 1 aromatic carbocycles. The van der Waals surface area contributed by atoms with Crippen molar-refractivity contribution in [2.45, 2.75) is 45.4 Å². The number of amides is 2. The van der Waals surface area contributed by atoms with E-state index in [9.17, 15) is 19.5 Å². The molecule has 4 N–H and O–H groups in total. The lowest BCUT2D eigenvalue weighted by Crippen LogP contribution is -2.27. The van der Waals surface area contributed by atoms with E-state index in [-0.39, 0.29) is 28.9 Å². The molecular weight excluding hydrogens is 601 g/mol. The summed E-state index contributed by atoms with van der Waals surface area (Å²) in [5.41, 5.74) is 0.0330. The molecule has 2 amide bonds.